The van der Waals surface area contributed by atoms with Crippen LogP contribution in [-0.2, 0) is 0 Å². The zero-order valence-electron chi connectivity index (χ0n) is 11.8. The van der Waals surface area contributed by atoms with E-state index in [0.717, 1.165) is 5.56 Å². The van der Waals surface area contributed by atoms with Crippen LogP contribution in [-0.4, -0.2) is 19.3 Å². The quantitative estimate of drug-likeness (QED) is 0.872. The Labute approximate surface area is 129 Å². The van der Waals surface area contributed by atoms with Gasteiger partial charge >= 0.3 is 0 Å². The van der Waals surface area contributed by atoms with Crippen molar-refractivity contribution in [1.82, 2.24) is 0 Å². The second-order valence-corrected chi connectivity index (χ2v) is 4.85. The largest absolute Gasteiger partial charge is 0.508 e. The number of benzene rings is 2. The number of halogens is 1. The van der Waals surface area contributed by atoms with Gasteiger partial charge in [0, 0.05) is 17.2 Å². The molecule has 108 valence electrons. The van der Waals surface area contributed by atoms with Gasteiger partial charge in [-0.15, -0.1) is 6.42 Å². The number of phenolic OH excluding ortho intramolecular Hbond substituents is 1. The smallest absolute Gasteiger partial charge is 0.131 e. The summed E-state index contributed by atoms with van der Waals surface area (Å²) in [4.78, 5) is 0. The van der Waals surface area contributed by atoms with Crippen molar-refractivity contribution in [3.63, 3.8) is 0 Å². The molecule has 0 aromatic heterocycles. The van der Waals surface area contributed by atoms with E-state index >= 15 is 0 Å². The van der Waals surface area contributed by atoms with Crippen LogP contribution in [0, 0.1) is 12.3 Å². The summed E-state index contributed by atoms with van der Waals surface area (Å²) in [5.41, 5.74) is 1.59. The summed E-state index contributed by atoms with van der Waals surface area (Å²) in [7, 11) is 3.04. The van der Waals surface area contributed by atoms with Crippen molar-refractivity contribution < 1.29 is 14.6 Å². The van der Waals surface area contributed by atoms with Gasteiger partial charge in [-0.1, -0.05) is 29.7 Å². The van der Waals surface area contributed by atoms with E-state index in [4.69, 9.17) is 27.5 Å². The molecular formula is C17H15ClO3. The number of phenols is 1. The number of methoxy groups -OCH3 is 2. The Bertz CT molecular complexity index is 646. The van der Waals surface area contributed by atoms with Crippen molar-refractivity contribution >= 4 is 11.6 Å². The number of hydrogen-bond donors (Lipinski definition) is 1. The van der Waals surface area contributed by atoms with Gasteiger partial charge in [0.2, 0.25) is 0 Å². The van der Waals surface area contributed by atoms with Crippen molar-refractivity contribution in [2.45, 2.75) is 5.92 Å². The van der Waals surface area contributed by atoms with Crippen molar-refractivity contribution in [2.75, 3.05) is 14.2 Å². The molecule has 0 spiro atoms. The molecule has 0 amide bonds. The lowest BCUT2D eigenvalue weighted by Crippen LogP contribution is -2.04. The Kier molecular flexibility index (Phi) is 4.62. The molecule has 1 unspecified atom stereocenters. The number of hydrogen-bond acceptors (Lipinski definition) is 3. The van der Waals surface area contributed by atoms with Crippen LogP contribution in [0.5, 0.6) is 17.2 Å². The second-order valence-electron chi connectivity index (χ2n) is 4.42. The molecule has 0 aliphatic rings. The lowest BCUT2D eigenvalue weighted by Gasteiger charge is -2.19. The highest BCUT2D eigenvalue weighted by Crippen LogP contribution is 2.41. The van der Waals surface area contributed by atoms with E-state index in [1.54, 1.807) is 12.1 Å². The molecule has 0 saturated carbocycles. The maximum Gasteiger partial charge on any atom is 0.131 e. The van der Waals surface area contributed by atoms with Crippen LogP contribution in [0.25, 0.3) is 0 Å². The maximum absolute atomic E-state index is 9.71. The summed E-state index contributed by atoms with van der Waals surface area (Å²) in [6, 6.07) is 10.3. The van der Waals surface area contributed by atoms with Crippen LogP contribution in [0.1, 0.15) is 17.0 Å². The third-order valence-electron chi connectivity index (χ3n) is 3.19. The molecule has 1 atom stereocenters. The Hall–Kier alpha value is -2.31. The molecule has 4 heteroatoms. The van der Waals surface area contributed by atoms with Gasteiger partial charge in [-0.3, -0.25) is 0 Å². The van der Waals surface area contributed by atoms with Gasteiger partial charge < -0.3 is 14.6 Å². The summed E-state index contributed by atoms with van der Waals surface area (Å²) >= 11 is 5.91. The minimum Gasteiger partial charge on any atom is -0.508 e. The first-order valence-corrected chi connectivity index (χ1v) is 6.65. The fourth-order valence-electron chi connectivity index (χ4n) is 2.21. The highest BCUT2D eigenvalue weighted by Gasteiger charge is 2.22. The molecule has 3 nitrogen and oxygen atoms in total. The van der Waals surface area contributed by atoms with Crippen LogP contribution in [0.15, 0.2) is 36.4 Å². The van der Waals surface area contributed by atoms with Crippen LogP contribution in [0.3, 0.4) is 0 Å². The first kappa shape index (κ1) is 15.1. The average molecular weight is 303 g/mol. The molecule has 0 aliphatic carbocycles. The van der Waals surface area contributed by atoms with Crippen LogP contribution < -0.4 is 9.47 Å². The monoisotopic (exact) mass is 302 g/mol. The fourth-order valence-corrected chi connectivity index (χ4v) is 2.34. The summed E-state index contributed by atoms with van der Waals surface area (Å²) in [6.45, 7) is 0. The van der Waals surface area contributed by atoms with Gasteiger partial charge in [0.05, 0.1) is 25.7 Å². The Morgan fingerprint density at radius 1 is 1.10 bits per heavy atom. The zero-order chi connectivity index (χ0) is 15.4. The van der Waals surface area contributed by atoms with E-state index in [1.807, 2.05) is 12.1 Å². The number of terminal acetylenes is 1. The van der Waals surface area contributed by atoms with Crippen molar-refractivity contribution in [1.29, 1.82) is 0 Å². The predicted molar refractivity (Wildman–Crippen MR) is 83.3 cm³/mol. The molecule has 0 saturated heterocycles. The Morgan fingerprint density at radius 2 is 1.62 bits per heavy atom. The lowest BCUT2D eigenvalue weighted by molar-refractivity contribution is 0.376. The average Bonchev–Trinajstić information content (AvgIpc) is 2.50. The zero-order valence-corrected chi connectivity index (χ0v) is 12.5. The summed E-state index contributed by atoms with van der Waals surface area (Å²) in [5.74, 6) is 3.38. The van der Waals surface area contributed by atoms with E-state index in [-0.39, 0.29) is 11.7 Å². The standard InChI is InChI=1S/C17H15ClO3/c1-4-14(11-5-7-12(18)8-6-11)17-15(20-2)9-13(19)10-16(17)21-3/h1,5-10,14,19H,2-3H3. The minimum atomic E-state index is -0.368. The lowest BCUT2D eigenvalue weighted by atomic mass is 9.90. The molecule has 1 N–H and O–H groups in total. The van der Waals surface area contributed by atoms with Crippen molar-refractivity contribution in [3.05, 3.63) is 52.5 Å². The van der Waals surface area contributed by atoms with E-state index in [1.165, 1.54) is 26.4 Å². The third kappa shape index (κ3) is 3.07. The summed E-state index contributed by atoms with van der Waals surface area (Å²) < 4.78 is 10.7. The molecule has 0 bridgehead atoms. The van der Waals surface area contributed by atoms with Crippen molar-refractivity contribution in [3.8, 4) is 29.6 Å². The topological polar surface area (TPSA) is 38.7 Å². The SMILES string of the molecule is C#CC(c1ccc(Cl)cc1)c1c(OC)cc(O)cc1OC. The molecule has 2 aromatic carbocycles. The normalized spacial score (nSPS) is 11.5. The summed E-state index contributed by atoms with van der Waals surface area (Å²) in [6.07, 6.45) is 5.70. The molecule has 2 aromatic rings. The van der Waals surface area contributed by atoms with Gasteiger partial charge in [0.15, 0.2) is 0 Å². The van der Waals surface area contributed by atoms with Gasteiger partial charge in [0.1, 0.15) is 17.2 Å². The van der Waals surface area contributed by atoms with Crippen LogP contribution in [0.2, 0.25) is 5.02 Å². The molecule has 2 rings (SSSR count). The van der Waals surface area contributed by atoms with Gasteiger partial charge in [-0.25, -0.2) is 0 Å². The molecule has 21 heavy (non-hydrogen) atoms. The van der Waals surface area contributed by atoms with Gasteiger partial charge in [-0.05, 0) is 17.7 Å². The molecule has 0 radical (unpaired) electrons. The molecular weight excluding hydrogens is 288 g/mol. The molecule has 0 aliphatic heterocycles. The highest BCUT2D eigenvalue weighted by atomic mass is 35.5. The summed E-state index contributed by atoms with van der Waals surface area (Å²) in [5, 5.41) is 10.4. The van der Waals surface area contributed by atoms with E-state index < -0.39 is 0 Å². The number of aromatic hydroxyl groups is 1. The van der Waals surface area contributed by atoms with E-state index in [2.05, 4.69) is 5.92 Å². The van der Waals surface area contributed by atoms with Crippen LogP contribution in [0.4, 0.5) is 0 Å². The van der Waals surface area contributed by atoms with Crippen LogP contribution >= 0.6 is 11.6 Å². The van der Waals surface area contributed by atoms with Gasteiger partial charge in [0.25, 0.3) is 0 Å². The fraction of sp³-hybridized carbons (Fsp3) is 0.176. The van der Waals surface area contributed by atoms with E-state index in [0.29, 0.717) is 22.1 Å². The first-order chi connectivity index (χ1) is 10.1. The molecule has 0 fully saturated rings. The molecule has 0 heterocycles. The number of rotatable bonds is 4. The third-order valence-corrected chi connectivity index (χ3v) is 3.44. The highest BCUT2D eigenvalue weighted by molar-refractivity contribution is 6.30. The predicted octanol–water partition coefficient (Wildman–Crippen LogP) is 3.83. The van der Waals surface area contributed by atoms with E-state index in [9.17, 15) is 5.11 Å². The Balaban J connectivity index is 2.62. The Morgan fingerprint density at radius 3 is 2.05 bits per heavy atom. The van der Waals surface area contributed by atoms with Crippen molar-refractivity contribution in [2.24, 2.45) is 0 Å². The van der Waals surface area contributed by atoms with Gasteiger partial charge in [-0.2, -0.15) is 0 Å². The number of ether oxygens (including phenoxy) is 2. The maximum atomic E-state index is 9.71. The second kappa shape index (κ2) is 6.43. The minimum absolute atomic E-state index is 0.0549. The first-order valence-electron chi connectivity index (χ1n) is 6.27.